The lowest BCUT2D eigenvalue weighted by Crippen LogP contribution is -2.35. The van der Waals surface area contributed by atoms with Gasteiger partial charge in [0.25, 0.3) is 0 Å². The predicted octanol–water partition coefficient (Wildman–Crippen LogP) is 2.10. The molecule has 0 aliphatic rings. The average Bonchev–Trinajstić information content (AvgIpc) is 2.28. The summed E-state index contributed by atoms with van der Waals surface area (Å²) in [5.74, 6) is -1.77. The molecule has 0 heterocycles. The van der Waals surface area contributed by atoms with Crippen LogP contribution in [0, 0.1) is 0 Å². The molecule has 0 radical (unpaired) electrons. The second kappa shape index (κ2) is 5.80. The van der Waals surface area contributed by atoms with Gasteiger partial charge in [0.15, 0.2) is 5.78 Å². The van der Waals surface area contributed by atoms with Crippen molar-refractivity contribution in [2.45, 2.75) is 39.1 Å². The van der Waals surface area contributed by atoms with Crippen molar-refractivity contribution in [3.8, 4) is 5.75 Å². The van der Waals surface area contributed by atoms with E-state index < -0.39 is 5.97 Å². The van der Waals surface area contributed by atoms with Gasteiger partial charge >= 0.3 is 5.97 Å². The van der Waals surface area contributed by atoms with Crippen molar-refractivity contribution in [1.29, 1.82) is 0 Å². The van der Waals surface area contributed by atoms with Gasteiger partial charge in [-0.05, 0) is 30.7 Å². The number of benzene rings is 1. The quantitative estimate of drug-likeness (QED) is 0.588. The summed E-state index contributed by atoms with van der Waals surface area (Å²) in [6.07, 6.45) is 1.17. The van der Waals surface area contributed by atoms with Crippen molar-refractivity contribution in [2.75, 3.05) is 0 Å². The van der Waals surface area contributed by atoms with Crippen LogP contribution in [0.25, 0.3) is 0 Å². The van der Waals surface area contributed by atoms with E-state index in [1.807, 2.05) is 6.92 Å². The molecule has 2 N–H and O–H groups in total. The molecule has 0 aromatic heterocycles. The summed E-state index contributed by atoms with van der Waals surface area (Å²) in [6.45, 7) is 3.62. The van der Waals surface area contributed by atoms with Crippen LogP contribution in [-0.2, 0) is 0 Å². The van der Waals surface area contributed by atoms with Gasteiger partial charge in [-0.15, -0.1) is 0 Å². The maximum absolute atomic E-state index is 11.4. The summed E-state index contributed by atoms with van der Waals surface area (Å²) in [4.78, 5) is 11.4. The first kappa shape index (κ1) is 13.7. The van der Waals surface area contributed by atoms with E-state index in [4.69, 9.17) is 4.74 Å². The third-order valence-corrected chi connectivity index (χ3v) is 2.35. The first-order valence-corrected chi connectivity index (χ1v) is 5.75. The van der Waals surface area contributed by atoms with E-state index >= 15 is 0 Å². The lowest BCUT2D eigenvalue weighted by Gasteiger charge is -2.22. The van der Waals surface area contributed by atoms with E-state index in [0.717, 1.165) is 0 Å². The topological polar surface area (TPSA) is 66.8 Å². The average molecular weight is 238 g/mol. The fraction of sp³-hybridized carbons (Fsp3) is 0.462. The molecule has 0 amide bonds. The maximum Gasteiger partial charge on any atom is 0.321 e. The molecule has 4 heteroatoms. The predicted molar refractivity (Wildman–Crippen MR) is 63.8 cm³/mol. The molecular weight excluding hydrogens is 220 g/mol. The summed E-state index contributed by atoms with van der Waals surface area (Å²) in [5, 5.41) is 18.9. The van der Waals surface area contributed by atoms with Gasteiger partial charge in [0.2, 0.25) is 0 Å². The van der Waals surface area contributed by atoms with Gasteiger partial charge in [0.1, 0.15) is 5.75 Å². The molecule has 17 heavy (non-hydrogen) atoms. The summed E-state index contributed by atoms with van der Waals surface area (Å²) in [5.41, 5.74) is 0.594. The second-order valence-corrected chi connectivity index (χ2v) is 3.90. The number of Topliss-reactive ketones (excluding diaryl/α,β-unsaturated/α-hetero) is 1. The van der Waals surface area contributed by atoms with E-state index in [0.29, 0.717) is 24.2 Å². The molecule has 0 saturated heterocycles. The monoisotopic (exact) mass is 238 g/mol. The van der Waals surface area contributed by atoms with E-state index in [-0.39, 0.29) is 12.2 Å². The zero-order valence-corrected chi connectivity index (χ0v) is 10.1. The van der Waals surface area contributed by atoms with E-state index in [9.17, 15) is 15.0 Å². The van der Waals surface area contributed by atoms with Crippen LogP contribution in [0.5, 0.6) is 5.75 Å². The number of carbonyl (C=O) groups is 1. The van der Waals surface area contributed by atoms with Crippen LogP contribution >= 0.6 is 0 Å². The molecule has 0 fully saturated rings. The minimum atomic E-state index is -2.15. The number of carbonyl (C=O) groups excluding carboxylic acids is 1. The van der Waals surface area contributed by atoms with Crippen LogP contribution in [0.1, 0.15) is 43.5 Å². The normalized spacial score (nSPS) is 11.3. The lowest BCUT2D eigenvalue weighted by atomic mass is 10.1. The minimum absolute atomic E-state index is 0.0457. The Morgan fingerprint density at radius 3 is 2.29 bits per heavy atom. The van der Waals surface area contributed by atoms with E-state index in [1.165, 1.54) is 0 Å². The van der Waals surface area contributed by atoms with Crippen molar-refractivity contribution in [3.63, 3.8) is 0 Å². The molecule has 0 spiro atoms. The number of hydrogen-bond acceptors (Lipinski definition) is 4. The maximum atomic E-state index is 11.4. The summed E-state index contributed by atoms with van der Waals surface area (Å²) in [6, 6.07) is 6.34. The van der Waals surface area contributed by atoms with Gasteiger partial charge in [-0.1, -0.05) is 13.8 Å². The highest BCUT2D eigenvalue weighted by Gasteiger charge is 2.24. The first-order chi connectivity index (χ1) is 7.98. The molecule has 0 aliphatic heterocycles. The Balaban J connectivity index is 2.71. The van der Waals surface area contributed by atoms with Gasteiger partial charge in [0.05, 0.1) is 0 Å². The van der Waals surface area contributed by atoms with E-state index in [1.54, 1.807) is 31.2 Å². The largest absolute Gasteiger partial charge is 0.439 e. The molecule has 0 aliphatic carbocycles. The molecule has 0 unspecified atom stereocenters. The Labute approximate surface area is 101 Å². The van der Waals surface area contributed by atoms with Crippen molar-refractivity contribution < 1.29 is 19.7 Å². The third-order valence-electron chi connectivity index (χ3n) is 2.35. The second-order valence-electron chi connectivity index (χ2n) is 3.90. The van der Waals surface area contributed by atoms with Gasteiger partial charge in [-0.3, -0.25) is 4.79 Å². The van der Waals surface area contributed by atoms with Crippen molar-refractivity contribution >= 4 is 5.78 Å². The van der Waals surface area contributed by atoms with Crippen molar-refractivity contribution in [2.24, 2.45) is 0 Å². The van der Waals surface area contributed by atoms with Crippen LogP contribution in [0.3, 0.4) is 0 Å². The standard InChI is InChI=1S/C13H18O4/c1-3-9-13(15,16)17-11-7-5-10(6-8-11)12(14)4-2/h5-8,15-16H,3-4,9H2,1-2H3. The molecular formula is C13H18O4. The minimum Gasteiger partial charge on any atom is -0.439 e. The number of hydrogen-bond donors (Lipinski definition) is 2. The highest BCUT2D eigenvalue weighted by Crippen LogP contribution is 2.19. The van der Waals surface area contributed by atoms with Gasteiger partial charge in [-0.25, -0.2) is 0 Å². The SMILES string of the molecule is CCCC(O)(O)Oc1ccc(C(=O)CC)cc1. The molecule has 0 saturated carbocycles. The van der Waals surface area contributed by atoms with Gasteiger partial charge < -0.3 is 14.9 Å². The van der Waals surface area contributed by atoms with Crippen LogP contribution in [-0.4, -0.2) is 22.0 Å². The fourth-order valence-electron chi connectivity index (χ4n) is 1.48. The van der Waals surface area contributed by atoms with E-state index in [2.05, 4.69) is 0 Å². The fourth-order valence-corrected chi connectivity index (χ4v) is 1.48. The third kappa shape index (κ3) is 4.17. The molecule has 0 atom stereocenters. The Morgan fingerprint density at radius 2 is 1.82 bits per heavy atom. The van der Waals surface area contributed by atoms with Crippen LogP contribution in [0.2, 0.25) is 0 Å². The Morgan fingerprint density at radius 1 is 1.24 bits per heavy atom. The Hall–Kier alpha value is -1.39. The molecule has 0 bridgehead atoms. The number of aliphatic hydroxyl groups is 2. The van der Waals surface area contributed by atoms with Gasteiger partial charge in [0, 0.05) is 18.4 Å². The molecule has 4 nitrogen and oxygen atoms in total. The highest BCUT2D eigenvalue weighted by atomic mass is 16.8. The lowest BCUT2D eigenvalue weighted by molar-refractivity contribution is -0.295. The summed E-state index contributed by atoms with van der Waals surface area (Å²) >= 11 is 0. The number of ketones is 1. The zero-order chi connectivity index (χ0) is 12.9. The zero-order valence-electron chi connectivity index (χ0n) is 10.1. The number of ether oxygens (including phenoxy) is 1. The summed E-state index contributed by atoms with van der Waals surface area (Å²) < 4.78 is 5.01. The smallest absolute Gasteiger partial charge is 0.321 e. The van der Waals surface area contributed by atoms with Crippen LogP contribution in [0.15, 0.2) is 24.3 Å². The van der Waals surface area contributed by atoms with Crippen molar-refractivity contribution in [3.05, 3.63) is 29.8 Å². The van der Waals surface area contributed by atoms with Crippen LogP contribution < -0.4 is 4.74 Å². The van der Waals surface area contributed by atoms with Crippen molar-refractivity contribution in [1.82, 2.24) is 0 Å². The molecule has 1 aromatic rings. The Kier molecular flexibility index (Phi) is 4.66. The summed E-state index contributed by atoms with van der Waals surface area (Å²) in [7, 11) is 0. The number of rotatable bonds is 6. The van der Waals surface area contributed by atoms with Crippen LogP contribution in [0.4, 0.5) is 0 Å². The Bertz CT molecular complexity index is 368. The molecule has 1 aromatic carbocycles. The molecule has 1 rings (SSSR count). The highest BCUT2D eigenvalue weighted by molar-refractivity contribution is 5.95. The first-order valence-electron chi connectivity index (χ1n) is 5.75. The van der Waals surface area contributed by atoms with Gasteiger partial charge in [-0.2, -0.15) is 0 Å². The molecule has 94 valence electrons.